The smallest absolute Gasteiger partial charge is 0.228 e. The zero-order chi connectivity index (χ0) is 18.4. The lowest BCUT2D eigenvalue weighted by molar-refractivity contribution is -0.118. The summed E-state index contributed by atoms with van der Waals surface area (Å²) < 4.78 is 0. The highest BCUT2D eigenvalue weighted by Gasteiger charge is 2.18. The Kier molecular flexibility index (Phi) is 6.34. The maximum Gasteiger partial charge on any atom is 0.228 e. The fourth-order valence-electron chi connectivity index (χ4n) is 2.91. The molecule has 0 aromatic heterocycles. The molecule has 0 aliphatic heterocycles. The second-order valence-electron chi connectivity index (χ2n) is 6.24. The first-order chi connectivity index (χ1) is 11.9. The molecular weight excluding hydrogens is 312 g/mol. The molecule has 4 heteroatoms. The molecule has 0 radical (unpaired) electrons. The highest BCUT2D eigenvalue weighted by molar-refractivity contribution is 5.96. The molecule has 2 aromatic carbocycles. The summed E-state index contributed by atoms with van der Waals surface area (Å²) in [6.45, 7) is 8.47. The Morgan fingerprint density at radius 1 is 0.880 bits per heavy atom. The van der Waals surface area contributed by atoms with E-state index in [1.807, 2.05) is 69.3 Å². The van der Waals surface area contributed by atoms with Crippen molar-refractivity contribution in [2.24, 2.45) is 0 Å². The average Bonchev–Trinajstić information content (AvgIpc) is 2.55. The zero-order valence-corrected chi connectivity index (χ0v) is 15.5. The molecule has 0 unspecified atom stereocenters. The van der Waals surface area contributed by atoms with Crippen LogP contribution in [0.5, 0.6) is 0 Å². The van der Waals surface area contributed by atoms with E-state index in [1.165, 1.54) is 6.92 Å². The number of rotatable bonds is 6. The van der Waals surface area contributed by atoms with Crippen LogP contribution >= 0.6 is 0 Å². The predicted molar refractivity (Wildman–Crippen MR) is 103 cm³/mol. The van der Waals surface area contributed by atoms with E-state index in [0.717, 1.165) is 22.5 Å². The first-order valence-electron chi connectivity index (χ1n) is 8.64. The van der Waals surface area contributed by atoms with Gasteiger partial charge in [0.05, 0.1) is 0 Å². The van der Waals surface area contributed by atoms with Crippen molar-refractivity contribution in [1.82, 2.24) is 0 Å². The SMILES string of the molecule is CCN(C(=O)CCN(C(C)=O)c1cccc(C)c1)c1cccc(C)c1. The lowest BCUT2D eigenvalue weighted by Crippen LogP contribution is -2.36. The molecule has 0 saturated carbocycles. The summed E-state index contributed by atoms with van der Waals surface area (Å²) >= 11 is 0. The summed E-state index contributed by atoms with van der Waals surface area (Å²) in [5.74, 6) is -0.0380. The van der Waals surface area contributed by atoms with Crippen LogP contribution in [0.3, 0.4) is 0 Å². The van der Waals surface area contributed by atoms with E-state index in [9.17, 15) is 9.59 Å². The van der Waals surface area contributed by atoms with Crippen molar-refractivity contribution in [3.63, 3.8) is 0 Å². The van der Waals surface area contributed by atoms with Crippen molar-refractivity contribution in [3.8, 4) is 0 Å². The number of hydrogen-bond donors (Lipinski definition) is 0. The van der Waals surface area contributed by atoms with E-state index in [0.29, 0.717) is 13.1 Å². The largest absolute Gasteiger partial charge is 0.313 e. The Morgan fingerprint density at radius 3 is 1.84 bits per heavy atom. The van der Waals surface area contributed by atoms with Gasteiger partial charge >= 0.3 is 0 Å². The van der Waals surface area contributed by atoms with Crippen LogP contribution in [0.4, 0.5) is 11.4 Å². The number of hydrogen-bond acceptors (Lipinski definition) is 2. The van der Waals surface area contributed by atoms with Crippen molar-refractivity contribution >= 4 is 23.2 Å². The van der Waals surface area contributed by atoms with E-state index in [1.54, 1.807) is 9.80 Å². The maximum absolute atomic E-state index is 12.7. The van der Waals surface area contributed by atoms with Gasteiger partial charge in [-0.15, -0.1) is 0 Å². The molecule has 2 rings (SSSR count). The number of aryl methyl sites for hydroxylation is 2. The van der Waals surface area contributed by atoms with E-state index in [2.05, 4.69) is 0 Å². The summed E-state index contributed by atoms with van der Waals surface area (Å²) in [6, 6.07) is 15.7. The van der Waals surface area contributed by atoms with Crippen molar-refractivity contribution in [2.75, 3.05) is 22.9 Å². The van der Waals surface area contributed by atoms with Crippen LogP contribution in [-0.2, 0) is 9.59 Å². The lowest BCUT2D eigenvalue weighted by atomic mass is 10.2. The minimum atomic E-state index is -0.0583. The van der Waals surface area contributed by atoms with E-state index in [4.69, 9.17) is 0 Å². The first kappa shape index (κ1) is 18.7. The second kappa shape index (κ2) is 8.47. The number of carbonyl (C=O) groups is 2. The highest BCUT2D eigenvalue weighted by atomic mass is 16.2. The third kappa shape index (κ3) is 4.92. The van der Waals surface area contributed by atoms with Crippen LogP contribution in [0.25, 0.3) is 0 Å². The standard InChI is InChI=1S/C21H26N2O2/c1-5-22(19-10-6-8-16(2)14-19)21(25)12-13-23(18(4)24)20-11-7-9-17(3)15-20/h6-11,14-15H,5,12-13H2,1-4H3. The van der Waals surface area contributed by atoms with Crippen LogP contribution in [0.15, 0.2) is 48.5 Å². The minimum absolute atomic E-state index is 0.0204. The molecule has 0 heterocycles. The minimum Gasteiger partial charge on any atom is -0.313 e. The molecule has 2 aromatic rings. The molecule has 0 bridgehead atoms. The monoisotopic (exact) mass is 338 g/mol. The molecule has 0 spiro atoms. The Bertz CT molecular complexity index is 755. The number of nitrogens with zero attached hydrogens (tertiary/aromatic N) is 2. The van der Waals surface area contributed by atoms with Crippen LogP contribution in [0, 0.1) is 13.8 Å². The molecule has 0 atom stereocenters. The van der Waals surface area contributed by atoms with E-state index in [-0.39, 0.29) is 18.2 Å². The summed E-state index contributed by atoms with van der Waals surface area (Å²) in [7, 11) is 0. The summed E-state index contributed by atoms with van der Waals surface area (Å²) in [5, 5.41) is 0. The van der Waals surface area contributed by atoms with Gasteiger partial charge in [0, 0.05) is 37.8 Å². The van der Waals surface area contributed by atoms with Gasteiger partial charge in [-0.1, -0.05) is 24.3 Å². The molecular formula is C21H26N2O2. The number of amides is 2. The second-order valence-corrected chi connectivity index (χ2v) is 6.24. The van der Waals surface area contributed by atoms with Gasteiger partial charge < -0.3 is 9.80 Å². The zero-order valence-electron chi connectivity index (χ0n) is 15.5. The highest BCUT2D eigenvalue weighted by Crippen LogP contribution is 2.19. The van der Waals surface area contributed by atoms with E-state index >= 15 is 0 Å². The van der Waals surface area contributed by atoms with Crippen molar-refractivity contribution in [2.45, 2.75) is 34.1 Å². The first-order valence-corrected chi connectivity index (χ1v) is 8.64. The third-order valence-electron chi connectivity index (χ3n) is 4.17. The van der Waals surface area contributed by atoms with Crippen LogP contribution in [0.1, 0.15) is 31.4 Å². The average molecular weight is 338 g/mol. The number of anilines is 2. The van der Waals surface area contributed by atoms with E-state index < -0.39 is 0 Å². The molecule has 0 fully saturated rings. The number of carbonyl (C=O) groups excluding carboxylic acids is 2. The molecule has 0 N–H and O–H groups in total. The Morgan fingerprint density at radius 2 is 1.40 bits per heavy atom. The van der Waals surface area contributed by atoms with Crippen molar-refractivity contribution in [3.05, 3.63) is 59.7 Å². The topological polar surface area (TPSA) is 40.6 Å². The van der Waals surface area contributed by atoms with Gasteiger partial charge in [-0.05, 0) is 56.2 Å². The summed E-state index contributed by atoms with van der Waals surface area (Å²) in [6.07, 6.45) is 0.287. The third-order valence-corrected chi connectivity index (χ3v) is 4.17. The molecule has 2 amide bonds. The molecule has 25 heavy (non-hydrogen) atoms. The molecule has 0 aliphatic rings. The van der Waals surface area contributed by atoms with Gasteiger partial charge in [0.1, 0.15) is 0 Å². The van der Waals surface area contributed by atoms with Gasteiger partial charge in [0.25, 0.3) is 0 Å². The van der Waals surface area contributed by atoms with Gasteiger partial charge in [-0.2, -0.15) is 0 Å². The van der Waals surface area contributed by atoms with Crippen molar-refractivity contribution in [1.29, 1.82) is 0 Å². The predicted octanol–water partition coefficient (Wildman–Crippen LogP) is 4.10. The molecule has 0 aliphatic carbocycles. The molecule has 0 saturated heterocycles. The Labute approximate surface area is 150 Å². The van der Waals surface area contributed by atoms with Crippen LogP contribution in [-0.4, -0.2) is 24.9 Å². The quantitative estimate of drug-likeness (QED) is 0.795. The number of benzene rings is 2. The Hall–Kier alpha value is -2.62. The fourth-order valence-corrected chi connectivity index (χ4v) is 2.91. The normalized spacial score (nSPS) is 10.4. The molecule has 4 nitrogen and oxygen atoms in total. The molecule has 132 valence electrons. The summed E-state index contributed by atoms with van der Waals surface area (Å²) in [5.41, 5.74) is 3.94. The lowest BCUT2D eigenvalue weighted by Gasteiger charge is -2.25. The summed E-state index contributed by atoms with van der Waals surface area (Å²) in [4.78, 5) is 28.1. The fraction of sp³-hybridized carbons (Fsp3) is 0.333. The van der Waals surface area contributed by atoms with Gasteiger partial charge in [0.15, 0.2) is 0 Å². The van der Waals surface area contributed by atoms with Crippen LogP contribution in [0.2, 0.25) is 0 Å². The van der Waals surface area contributed by atoms with Gasteiger partial charge in [-0.25, -0.2) is 0 Å². The van der Waals surface area contributed by atoms with Crippen LogP contribution < -0.4 is 9.80 Å². The van der Waals surface area contributed by atoms with Gasteiger partial charge in [-0.3, -0.25) is 9.59 Å². The maximum atomic E-state index is 12.7. The Balaban J connectivity index is 2.11. The van der Waals surface area contributed by atoms with Crippen molar-refractivity contribution < 1.29 is 9.59 Å². The van der Waals surface area contributed by atoms with Gasteiger partial charge in [0.2, 0.25) is 11.8 Å².